The molecule has 0 unspecified atom stereocenters. The maximum Gasteiger partial charge on any atom is 0.306 e. The number of rotatable bonds is 6. The van der Waals surface area contributed by atoms with E-state index in [1.54, 1.807) is 7.11 Å². The molecular weight excluding hydrogens is 374 g/mol. The molecule has 4 rings (SSSR count). The van der Waals surface area contributed by atoms with Gasteiger partial charge in [0.25, 0.3) is 0 Å². The molecule has 0 amide bonds. The molecule has 1 spiro atoms. The number of carbonyl (C=O) groups excluding carboxylic acids is 1. The van der Waals surface area contributed by atoms with Gasteiger partial charge in [-0.2, -0.15) is 0 Å². The van der Waals surface area contributed by atoms with Crippen LogP contribution in [0.1, 0.15) is 43.2 Å². The SMILES string of the molecule is COc1ccc2c3c1O[C@H]1C[C@@H](OC(=O)CCCC(=O)O)C=C[C@@]31CCN(C)C2. The van der Waals surface area contributed by atoms with Crippen LogP contribution in [0.15, 0.2) is 24.3 Å². The van der Waals surface area contributed by atoms with Gasteiger partial charge in [0.1, 0.15) is 12.2 Å². The molecule has 2 aliphatic heterocycles. The molecule has 3 atom stereocenters. The van der Waals surface area contributed by atoms with E-state index in [0.29, 0.717) is 6.42 Å². The Morgan fingerprint density at radius 2 is 2.17 bits per heavy atom. The molecule has 0 fully saturated rings. The highest BCUT2D eigenvalue weighted by molar-refractivity contribution is 5.72. The summed E-state index contributed by atoms with van der Waals surface area (Å²) >= 11 is 0. The van der Waals surface area contributed by atoms with Gasteiger partial charge in [-0.1, -0.05) is 12.1 Å². The number of hydrogen-bond acceptors (Lipinski definition) is 6. The fourth-order valence-electron chi connectivity index (χ4n) is 4.76. The Bertz CT molecular complexity index is 850. The van der Waals surface area contributed by atoms with Gasteiger partial charge in [-0.05, 0) is 44.1 Å². The topological polar surface area (TPSA) is 85.3 Å². The summed E-state index contributed by atoms with van der Waals surface area (Å²) in [5.74, 6) is 0.268. The molecule has 0 radical (unpaired) electrons. The number of carboxylic acid groups (broad SMARTS) is 1. The van der Waals surface area contributed by atoms with Crippen molar-refractivity contribution in [1.29, 1.82) is 0 Å². The fraction of sp³-hybridized carbons (Fsp3) is 0.545. The number of carbonyl (C=O) groups is 2. The number of hydrogen-bond donors (Lipinski definition) is 1. The van der Waals surface area contributed by atoms with Gasteiger partial charge in [0, 0.05) is 31.4 Å². The third-order valence-electron chi connectivity index (χ3n) is 6.18. The van der Waals surface area contributed by atoms with Crippen LogP contribution in [0.5, 0.6) is 11.5 Å². The third kappa shape index (κ3) is 3.59. The van der Waals surface area contributed by atoms with Crippen molar-refractivity contribution in [2.75, 3.05) is 20.7 Å². The van der Waals surface area contributed by atoms with E-state index >= 15 is 0 Å². The molecular formula is C22H27NO6. The summed E-state index contributed by atoms with van der Waals surface area (Å²) in [7, 11) is 3.77. The molecule has 1 aromatic carbocycles. The number of ether oxygens (including phenoxy) is 3. The highest BCUT2D eigenvalue weighted by Gasteiger charge is 2.53. The first-order valence-corrected chi connectivity index (χ1v) is 10.1. The number of aliphatic carboxylic acids is 1. The minimum Gasteiger partial charge on any atom is -0.493 e. The first kappa shape index (κ1) is 19.8. The Kier molecular flexibility index (Phi) is 5.25. The maximum absolute atomic E-state index is 12.1. The average Bonchev–Trinajstić information content (AvgIpc) is 2.93. The summed E-state index contributed by atoms with van der Waals surface area (Å²) in [5.41, 5.74) is 2.21. The van der Waals surface area contributed by atoms with E-state index in [0.717, 1.165) is 31.0 Å². The summed E-state index contributed by atoms with van der Waals surface area (Å²) in [6.07, 6.45) is 5.50. The lowest BCUT2D eigenvalue weighted by atomic mass is 9.69. The Morgan fingerprint density at radius 1 is 1.34 bits per heavy atom. The van der Waals surface area contributed by atoms with Gasteiger partial charge in [0.2, 0.25) is 0 Å². The normalized spacial score (nSPS) is 27.4. The van der Waals surface area contributed by atoms with Crippen LogP contribution in [0.3, 0.4) is 0 Å². The summed E-state index contributed by atoms with van der Waals surface area (Å²) in [5, 5.41) is 8.71. The lowest BCUT2D eigenvalue weighted by molar-refractivity contribution is -0.148. The predicted molar refractivity (Wildman–Crippen MR) is 105 cm³/mol. The summed E-state index contributed by atoms with van der Waals surface area (Å²) in [6.45, 7) is 1.81. The van der Waals surface area contributed by atoms with Crippen LogP contribution in [-0.4, -0.2) is 54.9 Å². The van der Waals surface area contributed by atoms with Gasteiger partial charge in [-0.3, -0.25) is 9.59 Å². The summed E-state index contributed by atoms with van der Waals surface area (Å²) in [6, 6.07) is 4.08. The van der Waals surface area contributed by atoms with Crippen molar-refractivity contribution >= 4 is 11.9 Å². The monoisotopic (exact) mass is 401 g/mol. The van der Waals surface area contributed by atoms with E-state index in [2.05, 4.69) is 24.1 Å². The molecule has 0 aromatic heterocycles. The van der Waals surface area contributed by atoms with Gasteiger partial charge < -0.3 is 24.2 Å². The highest BCUT2D eigenvalue weighted by atomic mass is 16.6. The minimum atomic E-state index is -0.905. The van der Waals surface area contributed by atoms with E-state index in [9.17, 15) is 9.59 Å². The molecule has 0 saturated heterocycles. The van der Waals surface area contributed by atoms with Crippen molar-refractivity contribution in [2.24, 2.45) is 0 Å². The van der Waals surface area contributed by atoms with Crippen LogP contribution in [0.4, 0.5) is 0 Å². The minimum absolute atomic E-state index is 0.0319. The number of benzene rings is 1. The average molecular weight is 401 g/mol. The Hall–Kier alpha value is -2.54. The summed E-state index contributed by atoms with van der Waals surface area (Å²) in [4.78, 5) is 25.0. The highest BCUT2D eigenvalue weighted by Crippen LogP contribution is 2.55. The molecule has 7 heteroatoms. The zero-order chi connectivity index (χ0) is 20.6. The van der Waals surface area contributed by atoms with E-state index < -0.39 is 5.97 Å². The predicted octanol–water partition coefficient (Wildman–Crippen LogP) is 2.66. The molecule has 29 heavy (non-hydrogen) atoms. The number of methoxy groups -OCH3 is 1. The van der Waals surface area contributed by atoms with Crippen molar-refractivity contribution in [3.05, 3.63) is 35.4 Å². The molecule has 2 heterocycles. The second kappa shape index (κ2) is 7.71. The standard InChI is InChI=1S/C22H27NO6/c1-23-11-10-22-9-8-15(28-19(26)5-3-4-18(24)25)12-17(22)29-21-16(27-2)7-6-14(13-23)20(21)22/h6-9,15,17H,3-5,10-13H2,1-2H3,(H,24,25)/t15-,17-,22-/m0/s1. The van der Waals surface area contributed by atoms with Gasteiger partial charge in [-0.15, -0.1) is 0 Å². The van der Waals surface area contributed by atoms with Crippen LogP contribution in [-0.2, 0) is 26.3 Å². The molecule has 1 N–H and O–H groups in total. The Labute approximate surface area is 170 Å². The lowest BCUT2D eigenvalue weighted by Gasteiger charge is -2.36. The number of esters is 1. The molecule has 156 valence electrons. The zero-order valence-corrected chi connectivity index (χ0v) is 16.8. The van der Waals surface area contributed by atoms with Crippen molar-refractivity contribution in [1.82, 2.24) is 4.90 Å². The van der Waals surface area contributed by atoms with Crippen molar-refractivity contribution < 1.29 is 28.9 Å². The quantitative estimate of drug-likeness (QED) is 0.579. The third-order valence-corrected chi connectivity index (χ3v) is 6.18. The molecule has 3 aliphatic rings. The molecule has 0 saturated carbocycles. The first-order chi connectivity index (χ1) is 13.9. The Balaban J connectivity index is 1.56. The summed E-state index contributed by atoms with van der Waals surface area (Å²) < 4.78 is 17.5. The van der Waals surface area contributed by atoms with Gasteiger partial charge in [0.05, 0.1) is 12.5 Å². The largest absolute Gasteiger partial charge is 0.493 e. The van der Waals surface area contributed by atoms with E-state index in [1.165, 1.54) is 11.1 Å². The maximum atomic E-state index is 12.1. The van der Waals surface area contributed by atoms with E-state index in [1.807, 2.05) is 12.1 Å². The molecule has 0 bridgehead atoms. The Morgan fingerprint density at radius 3 is 2.93 bits per heavy atom. The van der Waals surface area contributed by atoms with Crippen LogP contribution in [0, 0.1) is 0 Å². The molecule has 1 aromatic rings. The van der Waals surface area contributed by atoms with Crippen LogP contribution in [0.25, 0.3) is 0 Å². The number of nitrogens with zero attached hydrogens (tertiary/aromatic N) is 1. The van der Waals surface area contributed by atoms with Gasteiger partial charge >= 0.3 is 11.9 Å². The van der Waals surface area contributed by atoms with Crippen LogP contribution >= 0.6 is 0 Å². The van der Waals surface area contributed by atoms with Crippen LogP contribution in [0.2, 0.25) is 0 Å². The first-order valence-electron chi connectivity index (χ1n) is 10.1. The van der Waals surface area contributed by atoms with Crippen molar-refractivity contribution in [2.45, 2.75) is 56.3 Å². The molecule has 1 aliphatic carbocycles. The molecule has 7 nitrogen and oxygen atoms in total. The van der Waals surface area contributed by atoms with Gasteiger partial charge in [0.15, 0.2) is 11.5 Å². The lowest BCUT2D eigenvalue weighted by Crippen LogP contribution is -2.43. The van der Waals surface area contributed by atoms with Crippen LogP contribution < -0.4 is 9.47 Å². The zero-order valence-electron chi connectivity index (χ0n) is 16.8. The smallest absolute Gasteiger partial charge is 0.306 e. The van der Waals surface area contributed by atoms with E-state index in [-0.39, 0.29) is 42.9 Å². The van der Waals surface area contributed by atoms with E-state index in [4.69, 9.17) is 19.3 Å². The second-order valence-corrected chi connectivity index (χ2v) is 8.14. The number of carboxylic acids is 1. The van der Waals surface area contributed by atoms with Crippen molar-refractivity contribution in [3.8, 4) is 11.5 Å². The van der Waals surface area contributed by atoms with Gasteiger partial charge in [-0.25, -0.2) is 0 Å². The second-order valence-electron chi connectivity index (χ2n) is 8.14. The fourth-order valence-corrected chi connectivity index (χ4v) is 4.76. The van der Waals surface area contributed by atoms with Crippen molar-refractivity contribution in [3.63, 3.8) is 0 Å².